The third kappa shape index (κ3) is 1.46. The lowest BCUT2D eigenvalue weighted by atomic mass is 9.90. The van der Waals surface area contributed by atoms with E-state index in [1.54, 1.807) is 12.1 Å². The number of hydrogen-bond donors (Lipinski definition) is 0. The Balaban J connectivity index is 2.38. The molecular weight excluding hydrogens is 372 g/mol. The van der Waals surface area contributed by atoms with Gasteiger partial charge in [0.1, 0.15) is 0 Å². The number of carbonyl (C=O) groups excluding carboxylic acids is 2. The van der Waals surface area contributed by atoms with E-state index >= 15 is 0 Å². The van der Waals surface area contributed by atoms with Crippen molar-refractivity contribution in [2.24, 2.45) is 0 Å². The maximum Gasteiger partial charge on any atom is 0.216 e. The molecule has 1 aliphatic carbocycles. The van der Waals surface area contributed by atoms with Crippen LogP contribution in [0.3, 0.4) is 0 Å². The van der Waals surface area contributed by atoms with Gasteiger partial charge in [-0.05, 0) is 44.0 Å². The first-order valence-electron chi connectivity index (χ1n) is 4.51. The van der Waals surface area contributed by atoms with E-state index in [1.807, 2.05) is 0 Å². The van der Waals surface area contributed by atoms with E-state index < -0.39 is 0 Å². The number of benzene rings is 1. The molecule has 17 heavy (non-hydrogen) atoms. The second-order valence-corrected chi connectivity index (χ2v) is 5.58. The van der Waals surface area contributed by atoms with E-state index in [0.29, 0.717) is 15.6 Å². The fourth-order valence-electron chi connectivity index (χ4n) is 1.69. The van der Waals surface area contributed by atoms with Crippen LogP contribution in [0.2, 0.25) is 0 Å². The van der Waals surface area contributed by atoms with Gasteiger partial charge >= 0.3 is 0 Å². The first kappa shape index (κ1) is 11.2. The number of ketones is 2. The summed E-state index contributed by atoms with van der Waals surface area (Å²) in [5.41, 5.74) is 1.02. The highest BCUT2D eigenvalue weighted by Gasteiger charge is 2.35. The predicted molar refractivity (Wildman–Crippen MR) is 68.6 cm³/mol. The molecule has 2 aromatic rings. The smallest absolute Gasteiger partial charge is 0.216 e. The van der Waals surface area contributed by atoms with Gasteiger partial charge in [-0.25, -0.2) is 0 Å². The molecule has 84 valence electrons. The molecule has 0 aliphatic heterocycles. The first-order chi connectivity index (χ1) is 8.11. The standard InChI is InChI=1S/C10H2Br2N2O2S/c11-4-2-1-3-5(6(4)12)10(16)8-7(9(3)15)13-17-14-8/h1-2H. The Hall–Kier alpha value is -0.920. The molecule has 0 saturated heterocycles. The third-order valence-corrected chi connectivity index (χ3v) is 5.03. The van der Waals surface area contributed by atoms with Crippen LogP contribution >= 0.6 is 43.6 Å². The normalized spacial score (nSPS) is 13.5. The van der Waals surface area contributed by atoms with Crippen molar-refractivity contribution >= 4 is 55.2 Å². The Kier molecular flexibility index (Phi) is 2.49. The van der Waals surface area contributed by atoms with Gasteiger partial charge in [0.05, 0.1) is 17.3 Å². The van der Waals surface area contributed by atoms with Crippen LogP contribution in [-0.4, -0.2) is 20.3 Å². The highest BCUT2D eigenvalue weighted by atomic mass is 79.9. The van der Waals surface area contributed by atoms with E-state index in [0.717, 1.165) is 16.2 Å². The molecule has 1 heterocycles. The van der Waals surface area contributed by atoms with Gasteiger partial charge in [-0.2, -0.15) is 8.75 Å². The van der Waals surface area contributed by atoms with Crippen molar-refractivity contribution in [3.8, 4) is 0 Å². The minimum atomic E-state index is -0.267. The molecule has 0 unspecified atom stereocenters. The van der Waals surface area contributed by atoms with Crippen molar-refractivity contribution in [1.82, 2.24) is 8.75 Å². The molecule has 0 spiro atoms. The van der Waals surface area contributed by atoms with Crippen LogP contribution in [0, 0.1) is 0 Å². The van der Waals surface area contributed by atoms with E-state index in [1.165, 1.54) is 0 Å². The molecule has 0 fully saturated rings. The average Bonchev–Trinajstić information content (AvgIpc) is 2.79. The average molecular weight is 374 g/mol. The fourth-order valence-corrected chi connectivity index (χ4v) is 3.09. The largest absolute Gasteiger partial charge is 0.287 e. The molecule has 0 amide bonds. The molecule has 1 aromatic heterocycles. The number of aromatic nitrogens is 2. The zero-order valence-corrected chi connectivity index (χ0v) is 12.0. The first-order valence-corrected chi connectivity index (χ1v) is 6.83. The summed E-state index contributed by atoms with van der Waals surface area (Å²) in [6, 6.07) is 3.34. The molecule has 3 rings (SSSR count). The molecule has 0 bridgehead atoms. The van der Waals surface area contributed by atoms with Crippen molar-refractivity contribution in [2.45, 2.75) is 0 Å². The van der Waals surface area contributed by atoms with Gasteiger partial charge in [0.2, 0.25) is 11.6 Å². The Morgan fingerprint density at radius 1 is 1.00 bits per heavy atom. The second-order valence-electron chi connectivity index (χ2n) is 3.40. The Morgan fingerprint density at radius 2 is 1.65 bits per heavy atom. The van der Waals surface area contributed by atoms with Crippen LogP contribution in [0.4, 0.5) is 0 Å². The van der Waals surface area contributed by atoms with E-state index in [2.05, 4.69) is 40.6 Å². The van der Waals surface area contributed by atoms with Gasteiger partial charge in [-0.3, -0.25) is 9.59 Å². The molecule has 7 heteroatoms. The third-order valence-electron chi connectivity index (χ3n) is 2.49. The van der Waals surface area contributed by atoms with Gasteiger partial charge in [0, 0.05) is 14.5 Å². The van der Waals surface area contributed by atoms with Crippen LogP contribution in [0.25, 0.3) is 0 Å². The maximum atomic E-state index is 12.2. The Morgan fingerprint density at radius 3 is 2.35 bits per heavy atom. The maximum absolute atomic E-state index is 12.2. The zero-order chi connectivity index (χ0) is 12.2. The van der Waals surface area contributed by atoms with Crippen molar-refractivity contribution in [3.63, 3.8) is 0 Å². The lowest BCUT2D eigenvalue weighted by molar-refractivity contribution is 0.0973. The molecule has 1 aromatic carbocycles. The van der Waals surface area contributed by atoms with Gasteiger partial charge in [0.25, 0.3) is 0 Å². The quantitative estimate of drug-likeness (QED) is 0.607. The van der Waals surface area contributed by atoms with Crippen LogP contribution < -0.4 is 0 Å². The Bertz CT molecular complexity index is 681. The molecule has 1 aliphatic rings. The number of hydrogen-bond acceptors (Lipinski definition) is 5. The van der Waals surface area contributed by atoms with Crippen LogP contribution in [0.1, 0.15) is 32.1 Å². The molecule has 4 nitrogen and oxygen atoms in total. The minimum Gasteiger partial charge on any atom is -0.287 e. The van der Waals surface area contributed by atoms with E-state index in [4.69, 9.17) is 0 Å². The van der Waals surface area contributed by atoms with Crippen LogP contribution in [-0.2, 0) is 0 Å². The van der Waals surface area contributed by atoms with Crippen molar-refractivity contribution < 1.29 is 9.59 Å². The molecule has 0 N–H and O–H groups in total. The van der Waals surface area contributed by atoms with Crippen molar-refractivity contribution in [2.75, 3.05) is 0 Å². The molecule has 0 radical (unpaired) electrons. The summed E-state index contributed by atoms with van der Waals surface area (Å²) in [7, 11) is 0. The lowest BCUT2D eigenvalue weighted by Gasteiger charge is -2.14. The number of nitrogens with zero attached hydrogens (tertiary/aromatic N) is 2. The lowest BCUT2D eigenvalue weighted by Crippen LogP contribution is -2.21. The predicted octanol–water partition coefficient (Wildman–Crippen LogP) is 2.84. The summed E-state index contributed by atoms with van der Waals surface area (Å²) in [5.74, 6) is -0.520. The minimum absolute atomic E-state index is 0.145. The number of halogens is 2. The van der Waals surface area contributed by atoms with Gasteiger partial charge in [-0.1, -0.05) is 0 Å². The van der Waals surface area contributed by atoms with Gasteiger partial charge in [-0.15, -0.1) is 0 Å². The van der Waals surface area contributed by atoms with E-state index in [9.17, 15) is 9.59 Å². The summed E-state index contributed by atoms with van der Waals surface area (Å²) in [6.45, 7) is 0. The van der Waals surface area contributed by atoms with Gasteiger partial charge in [0.15, 0.2) is 11.4 Å². The van der Waals surface area contributed by atoms with Crippen molar-refractivity contribution in [1.29, 1.82) is 0 Å². The number of carbonyl (C=O) groups is 2. The Labute approximate surface area is 117 Å². The van der Waals surface area contributed by atoms with Crippen LogP contribution in [0.5, 0.6) is 0 Å². The van der Waals surface area contributed by atoms with Crippen molar-refractivity contribution in [3.05, 3.63) is 43.6 Å². The van der Waals surface area contributed by atoms with E-state index in [-0.39, 0.29) is 23.0 Å². The zero-order valence-electron chi connectivity index (χ0n) is 8.03. The highest BCUT2D eigenvalue weighted by molar-refractivity contribution is 9.13. The fraction of sp³-hybridized carbons (Fsp3) is 0. The summed E-state index contributed by atoms with van der Waals surface area (Å²) in [4.78, 5) is 24.3. The number of rotatable bonds is 0. The summed E-state index contributed by atoms with van der Waals surface area (Å²) >= 11 is 7.49. The van der Waals surface area contributed by atoms with Crippen LogP contribution in [0.15, 0.2) is 21.1 Å². The summed E-state index contributed by atoms with van der Waals surface area (Å²) in [5, 5.41) is 0. The summed E-state index contributed by atoms with van der Waals surface area (Å²) < 4.78 is 9.06. The highest BCUT2D eigenvalue weighted by Crippen LogP contribution is 2.35. The number of fused-ring (bicyclic) bond motifs is 2. The topological polar surface area (TPSA) is 59.9 Å². The second kappa shape index (κ2) is 3.79. The SMILES string of the molecule is O=C1c2ccc(Br)c(Br)c2C(=O)c2nsnc21. The molecular formula is C10H2Br2N2O2S. The summed E-state index contributed by atoms with van der Waals surface area (Å²) in [6.07, 6.45) is 0. The monoisotopic (exact) mass is 372 g/mol. The molecule has 0 atom stereocenters. The van der Waals surface area contributed by atoms with Gasteiger partial charge < -0.3 is 0 Å². The molecule has 0 saturated carbocycles.